The first-order valence-electron chi connectivity index (χ1n) is 8.59. The zero-order valence-electron chi connectivity index (χ0n) is 15.8. The minimum absolute atomic E-state index is 0.283. The second kappa shape index (κ2) is 7.86. The maximum Gasteiger partial charge on any atom is 0.274 e. The van der Waals surface area contributed by atoms with E-state index < -0.39 is 0 Å². The highest BCUT2D eigenvalue weighted by molar-refractivity contribution is 6.03. The number of amides is 1. The Balaban J connectivity index is 1.77. The number of carbonyl (C=O) groups is 1. The standard InChI is InChI=1S/C21H22N4O2/c1-13-11-14(2)19(15(3)12-13)25-21-22-10-9-18(24-21)20(26)23-16-5-7-17(27-4)8-6-16/h5-12H,1-4H3,(H,23,26)(H,22,24,25). The molecule has 3 rings (SSSR count). The van der Waals surface area contributed by atoms with Gasteiger partial charge in [0.05, 0.1) is 7.11 Å². The molecule has 0 aliphatic heterocycles. The van der Waals surface area contributed by atoms with Crippen molar-refractivity contribution in [1.82, 2.24) is 9.97 Å². The SMILES string of the molecule is COc1ccc(NC(=O)c2ccnc(Nc3c(C)cc(C)cc3C)n2)cc1. The van der Waals surface area contributed by atoms with Crippen LogP contribution in [-0.4, -0.2) is 23.0 Å². The molecule has 2 aromatic carbocycles. The number of nitrogens with zero attached hydrogens (tertiary/aromatic N) is 2. The Morgan fingerprint density at radius 3 is 2.30 bits per heavy atom. The molecule has 1 heterocycles. The number of nitrogens with one attached hydrogen (secondary N) is 2. The molecule has 0 atom stereocenters. The van der Waals surface area contributed by atoms with Gasteiger partial charge in [-0.15, -0.1) is 0 Å². The summed E-state index contributed by atoms with van der Waals surface area (Å²) in [5.41, 5.74) is 5.30. The molecule has 27 heavy (non-hydrogen) atoms. The van der Waals surface area contributed by atoms with E-state index >= 15 is 0 Å². The number of anilines is 3. The number of rotatable bonds is 5. The van der Waals surface area contributed by atoms with Gasteiger partial charge >= 0.3 is 0 Å². The monoisotopic (exact) mass is 362 g/mol. The van der Waals surface area contributed by atoms with Gasteiger partial charge in [-0.05, 0) is 62.2 Å². The minimum Gasteiger partial charge on any atom is -0.497 e. The number of hydrogen-bond acceptors (Lipinski definition) is 5. The Morgan fingerprint density at radius 2 is 1.67 bits per heavy atom. The van der Waals surface area contributed by atoms with Crippen LogP contribution in [0.1, 0.15) is 27.2 Å². The van der Waals surface area contributed by atoms with Gasteiger partial charge in [-0.3, -0.25) is 4.79 Å². The average Bonchev–Trinajstić information content (AvgIpc) is 2.65. The molecule has 0 aliphatic carbocycles. The highest BCUT2D eigenvalue weighted by Gasteiger charge is 2.11. The molecule has 1 aromatic heterocycles. The molecule has 0 aliphatic rings. The third-order valence-corrected chi connectivity index (χ3v) is 4.15. The van der Waals surface area contributed by atoms with Crippen LogP contribution in [0.3, 0.4) is 0 Å². The number of ether oxygens (including phenoxy) is 1. The molecule has 1 amide bonds. The highest BCUT2D eigenvalue weighted by Crippen LogP contribution is 2.24. The van der Waals surface area contributed by atoms with E-state index in [4.69, 9.17) is 4.74 Å². The van der Waals surface area contributed by atoms with E-state index in [1.165, 1.54) is 5.56 Å². The second-order valence-electron chi connectivity index (χ2n) is 6.35. The van der Waals surface area contributed by atoms with E-state index in [2.05, 4.69) is 39.7 Å². The van der Waals surface area contributed by atoms with Crippen molar-refractivity contribution in [3.05, 3.63) is 71.0 Å². The van der Waals surface area contributed by atoms with E-state index in [0.717, 1.165) is 22.6 Å². The van der Waals surface area contributed by atoms with Crippen LogP contribution >= 0.6 is 0 Å². The summed E-state index contributed by atoms with van der Waals surface area (Å²) in [7, 11) is 1.60. The lowest BCUT2D eigenvalue weighted by Gasteiger charge is -2.13. The molecule has 0 saturated heterocycles. The number of benzene rings is 2. The largest absolute Gasteiger partial charge is 0.497 e. The molecular formula is C21H22N4O2. The van der Waals surface area contributed by atoms with Crippen molar-refractivity contribution >= 4 is 23.2 Å². The minimum atomic E-state index is -0.303. The predicted octanol–water partition coefficient (Wildman–Crippen LogP) is 4.41. The fraction of sp³-hybridized carbons (Fsp3) is 0.190. The smallest absolute Gasteiger partial charge is 0.274 e. The van der Waals surface area contributed by atoms with E-state index in [-0.39, 0.29) is 11.6 Å². The molecule has 0 radical (unpaired) electrons. The van der Waals surface area contributed by atoms with E-state index in [1.54, 1.807) is 43.6 Å². The van der Waals surface area contributed by atoms with Crippen LogP contribution in [-0.2, 0) is 0 Å². The lowest BCUT2D eigenvalue weighted by Crippen LogP contribution is -2.15. The summed E-state index contributed by atoms with van der Waals surface area (Å²) in [6, 6.07) is 12.9. The van der Waals surface area contributed by atoms with E-state index in [0.29, 0.717) is 11.6 Å². The first-order chi connectivity index (χ1) is 13.0. The molecule has 6 heteroatoms. The molecule has 3 aromatic rings. The fourth-order valence-electron chi connectivity index (χ4n) is 2.90. The van der Waals surface area contributed by atoms with Crippen LogP contribution in [0, 0.1) is 20.8 Å². The van der Waals surface area contributed by atoms with Crippen molar-refractivity contribution in [2.24, 2.45) is 0 Å². The molecule has 0 unspecified atom stereocenters. The number of aromatic nitrogens is 2. The fourth-order valence-corrected chi connectivity index (χ4v) is 2.90. The summed E-state index contributed by atoms with van der Waals surface area (Å²) < 4.78 is 5.12. The van der Waals surface area contributed by atoms with Crippen molar-refractivity contribution < 1.29 is 9.53 Å². The zero-order chi connectivity index (χ0) is 19.4. The lowest BCUT2D eigenvalue weighted by atomic mass is 10.1. The Morgan fingerprint density at radius 1 is 1.00 bits per heavy atom. The van der Waals surface area contributed by atoms with Gasteiger partial charge in [-0.2, -0.15) is 0 Å². The Labute approximate surface area is 158 Å². The summed E-state index contributed by atoms with van der Waals surface area (Å²) in [6.45, 7) is 6.12. The number of aryl methyl sites for hydroxylation is 3. The third-order valence-electron chi connectivity index (χ3n) is 4.15. The third kappa shape index (κ3) is 4.41. The Bertz CT molecular complexity index is 945. The van der Waals surface area contributed by atoms with Crippen LogP contribution in [0.25, 0.3) is 0 Å². The Hall–Kier alpha value is -3.41. The molecule has 138 valence electrons. The predicted molar refractivity (Wildman–Crippen MR) is 107 cm³/mol. The summed E-state index contributed by atoms with van der Waals surface area (Å²) in [5.74, 6) is 0.806. The van der Waals surface area contributed by atoms with Crippen LogP contribution in [0.5, 0.6) is 5.75 Å². The van der Waals surface area contributed by atoms with E-state index in [9.17, 15) is 4.79 Å². The van der Waals surface area contributed by atoms with Gasteiger partial charge in [0, 0.05) is 17.6 Å². The van der Waals surface area contributed by atoms with Gasteiger partial charge in [0.1, 0.15) is 11.4 Å². The number of carbonyl (C=O) groups excluding carboxylic acids is 1. The van der Waals surface area contributed by atoms with Crippen LogP contribution in [0.2, 0.25) is 0 Å². The molecule has 0 bridgehead atoms. The van der Waals surface area contributed by atoms with Crippen molar-refractivity contribution in [2.75, 3.05) is 17.7 Å². The maximum absolute atomic E-state index is 12.5. The number of methoxy groups -OCH3 is 1. The first kappa shape index (κ1) is 18.4. The van der Waals surface area contributed by atoms with Crippen molar-refractivity contribution in [3.63, 3.8) is 0 Å². The second-order valence-corrected chi connectivity index (χ2v) is 6.35. The van der Waals surface area contributed by atoms with Crippen LogP contribution in [0.15, 0.2) is 48.7 Å². The first-order valence-corrected chi connectivity index (χ1v) is 8.59. The molecule has 0 fully saturated rings. The van der Waals surface area contributed by atoms with Gasteiger partial charge in [0.15, 0.2) is 0 Å². The van der Waals surface area contributed by atoms with Gasteiger partial charge in [0.25, 0.3) is 5.91 Å². The molecule has 0 saturated carbocycles. The topological polar surface area (TPSA) is 76.1 Å². The maximum atomic E-state index is 12.5. The number of hydrogen-bond donors (Lipinski definition) is 2. The van der Waals surface area contributed by atoms with Crippen LogP contribution in [0.4, 0.5) is 17.3 Å². The van der Waals surface area contributed by atoms with Crippen molar-refractivity contribution in [1.29, 1.82) is 0 Å². The molecule has 2 N–H and O–H groups in total. The van der Waals surface area contributed by atoms with Gasteiger partial charge < -0.3 is 15.4 Å². The highest BCUT2D eigenvalue weighted by atomic mass is 16.5. The molecular weight excluding hydrogens is 340 g/mol. The van der Waals surface area contributed by atoms with Gasteiger partial charge in [-0.1, -0.05) is 17.7 Å². The molecule has 6 nitrogen and oxygen atoms in total. The zero-order valence-corrected chi connectivity index (χ0v) is 15.8. The van der Waals surface area contributed by atoms with Gasteiger partial charge in [0.2, 0.25) is 5.95 Å². The quantitative estimate of drug-likeness (QED) is 0.703. The van der Waals surface area contributed by atoms with E-state index in [1.807, 2.05) is 13.8 Å². The lowest BCUT2D eigenvalue weighted by molar-refractivity contribution is 0.102. The van der Waals surface area contributed by atoms with Crippen LogP contribution < -0.4 is 15.4 Å². The summed E-state index contributed by atoms with van der Waals surface area (Å²) in [4.78, 5) is 21.1. The van der Waals surface area contributed by atoms with Crippen molar-refractivity contribution in [2.45, 2.75) is 20.8 Å². The normalized spacial score (nSPS) is 10.4. The summed E-state index contributed by atoms with van der Waals surface area (Å²) in [5, 5.41) is 6.04. The summed E-state index contributed by atoms with van der Waals surface area (Å²) in [6.07, 6.45) is 1.57. The Kier molecular flexibility index (Phi) is 5.35. The van der Waals surface area contributed by atoms with Crippen molar-refractivity contribution in [3.8, 4) is 5.75 Å². The average molecular weight is 362 g/mol. The van der Waals surface area contributed by atoms with Gasteiger partial charge in [-0.25, -0.2) is 9.97 Å². The molecule has 0 spiro atoms. The summed E-state index contributed by atoms with van der Waals surface area (Å²) >= 11 is 0.